The molecule has 0 aliphatic heterocycles. The van der Waals surface area contributed by atoms with Gasteiger partial charge in [-0.25, -0.2) is 8.78 Å². The van der Waals surface area contributed by atoms with Gasteiger partial charge in [0.2, 0.25) is 5.91 Å². The van der Waals surface area contributed by atoms with Crippen LogP contribution in [-0.2, 0) is 9.59 Å². The molecule has 2 atom stereocenters. The van der Waals surface area contributed by atoms with E-state index < -0.39 is 18.1 Å². The van der Waals surface area contributed by atoms with Gasteiger partial charge in [-0.2, -0.15) is 0 Å². The Morgan fingerprint density at radius 3 is 2.65 bits per heavy atom. The van der Waals surface area contributed by atoms with E-state index in [2.05, 4.69) is 5.32 Å². The number of nitrogens with one attached hydrogen (secondary N) is 1. The number of hydrogen-bond donors (Lipinski definition) is 4. The van der Waals surface area contributed by atoms with Crippen LogP contribution in [0.15, 0.2) is 59.3 Å². The van der Waals surface area contributed by atoms with Gasteiger partial charge in [0, 0.05) is 38.7 Å². The number of likely N-dealkylation sites (N-methyl/N-ethyl adjacent to an activating group) is 1. The molecule has 1 aliphatic carbocycles. The van der Waals surface area contributed by atoms with Crippen LogP contribution < -0.4 is 11.1 Å². The summed E-state index contributed by atoms with van der Waals surface area (Å²) in [7, 11) is 1.49. The Morgan fingerprint density at radius 1 is 1.30 bits per heavy atom. The standard InChI is InChI=1S/C28H43F2N3O4/c1-4-10-22(26(36)33(3)18-17-28(37,5-2)27(29)30)13-9-14-25(35)32-20-24(34)16-15-21-11-7-6-8-12-23(21)19-31/h6-11,13,24,27,34,37H,4-5,12,14-20,31H2,1-3H3,(H,32,35)/b13-9-,22-10+. The molecule has 208 valence electrons. The molecule has 0 bridgehead atoms. The van der Waals surface area contributed by atoms with Crippen molar-refractivity contribution in [3.63, 3.8) is 0 Å². The lowest BCUT2D eigenvalue weighted by Crippen LogP contribution is -2.41. The van der Waals surface area contributed by atoms with E-state index in [4.69, 9.17) is 5.73 Å². The molecule has 0 aromatic heterocycles. The van der Waals surface area contributed by atoms with Gasteiger partial charge in [-0.05, 0) is 49.7 Å². The first-order chi connectivity index (χ1) is 17.6. The first-order valence-corrected chi connectivity index (χ1v) is 12.9. The molecular formula is C28H43F2N3O4. The van der Waals surface area contributed by atoms with Crippen molar-refractivity contribution in [3.8, 4) is 0 Å². The topological polar surface area (TPSA) is 116 Å². The first-order valence-electron chi connectivity index (χ1n) is 12.9. The number of carbonyl (C=O) groups is 2. The van der Waals surface area contributed by atoms with Crippen LogP contribution in [0.3, 0.4) is 0 Å². The second-order valence-electron chi connectivity index (χ2n) is 9.23. The van der Waals surface area contributed by atoms with Crippen molar-refractivity contribution in [1.82, 2.24) is 10.2 Å². The number of halogens is 2. The molecule has 1 rings (SSSR count). The molecule has 37 heavy (non-hydrogen) atoms. The summed E-state index contributed by atoms with van der Waals surface area (Å²) in [6.45, 7) is 3.88. The third kappa shape index (κ3) is 11.5. The Labute approximate surface area is 219 Å². The molecule has 5 N–H and O–H groups in total. The highest BCUT2D eigenvalue weighted by Gasteiger charge is 2.36. The maximum absolute atomic E-state index is 13.1. The average Bonchev–Trinajstić information content (AvgIpc) is 3.12. The quantitative estimate of drug-likeness (QED) is 0.182. The lowest BCUT2D eigenvalue weighted by atomic mass is 9.97. The highest BCUT2D eigenvalue weighted by molar-refractivity contribution is 5.96. The van der Waals surface area contributed by atoms with Gasteiger partial charge in [0.25, 0.3) is 12.3 Å². The molecule has 0 fully saturated rings. The zero-order valence-electron chi connectivity index (χ0n) is 22.3. The van der Waals surface area contributed by atoms with E-state index >= 15 is 0 Å². The highest BCUT2D eigenvalue weighted by Crippen LogP contribution is 2.24. The summed E-state index contributed by atoms with van der Waals surface area (Å²) < 4.78 is 26.2. The summed E-state index contributed by atoms with van der Waals surface area (Å²) in [6.07, 6.45) is 11.3. The van der Waals surface area contributed by atoms with E-state index in [0.29, 0.717) is 31.4 Å². The Kier molecular flexibility index (Phi) is 14.9. The molecule has 0 saturated carbocycles. The van der Waals surface area contributed by atoms with Crippen molar-refractivity contribution in [3.05, 3.63) is 59.3 Å². The first kappa shape index (κ1) is 32.4. The maximum Gasteiger partial charge on any atom is 0.266 e. The number of carbonyl (C=O) groups excluding carboxylic acids is 2. The third-order valence-corrected chi connectivity index (χ3v) is 6.41. The normalized spacial score (nSPS) is 16.7. The largest absolute Gasteiger partial charge is 0.391 e. The summed E-state index contributed by atoms with van der Waals surface area (Å²) in [5.41, 5.74) is 6.28. The van der Waals surface area contributed by atoms with Crippen LogP contribution in [0.25, 0.3) is 0 Å². The van der Waals surface area contributed by atoms with Gasteiger partial charge in [0.1, 0.15) is 5.60 Å². The number of allylic oxidation sites excluding steroid dienone is 6. The third-order valence-electron chi connectivity index (χ3n) is 6.41. The fourth-order valence-corrected chi connectivity index (χ4v) is 3.77. The van der Waals surface area contributed by atoms with E-state index in [0.717, 1.165) is 17.6 Å². The summed E-state index contributed by atoms with van der Waals surface area (Å²) in [6, 6.07) is 0. The van der Waals surface area contributed by atoms with Crippen molar-refractivity contribution in [2.24, 2.45) is 5.73 Å². The summed E-state index contributed by atoms with van der Waals surface area (Å²) in [4.78, 5) is 26.3. The number of aliphatic hydroxyl groups is 2. The Balaban J connectivity index is 2.53. The number of amides is 2. The van der Waals surface area contributed by atoms with E-state index in [9.17, 15) is 28.6 Å². The van der Waals surface area contributed by atoms with E-state index in [1.54, 1.807) is 12.2 Å². The van der Waals surface area contributed by atoms with Gasteiger partial charge in [-0.3, -0.25) is 9.59 Å². The fraction of sp³-hybridized carbons (Fsp3) is 0.571. The van der Waals surface area contributed by atoms with E-state index in [1.807, 2.05) is 31.2 Å². The van der Waals surface area contributed by atoms with E-state index in [-0.39, 0.29) is 44.2 Å². The minimum atomic E-state index is -2.89. The van der Waals surface area contributed by atoms with Gasteiger partial charge in [-0.1, -0.05) is 56.4 Å². The molecule has 9 heteroatoms. The van der Waals surface area contributed by atoms with Crippen LogP contribution in [0.2, 0.25) is 0 Å². The second kappa shape index (κ2) is 17.0. The molecule has 1 aliphatic rings. The lowest BCUT2D eigenvalue weighted by molar-refractivity contribution is -0.129. The zero-order chi connectivity index (χ0) is 27.8. The number of nitrogens with two attached hydrogens (primary N) is 1. The monoisotopic (exact) mass is 523 g/mol. The number of alkyl halides is 2. The van der Waals surface area contributed by atoms with Gasteiger partial charge in [-0.15, -0.1) is 0 Å². The van der Waals surface area contributed by atoms with Gasteiger partial charge >= 0.3 is 0 Å². The Hall–Kier alpha value is -2.62. The van der Waals surface area contributed by atoms with Crippen molar-refractivity contribution in [1.29, 1.82) is 0 Å². The average molecular weight is 524 g/mol. The number of rotatable bonds is 16. The molecule has 0 spiro atoms. The van der Waals surface area contributed by atoms with Crippen LogP contribution in [0.1, 0.15) is 58.8 Å². The van der Waals surface area contributed by atoms with Crippen molar-refractivity contribution >= 4 is 11.8 Å². The Morgan fingerprint density at radius 2 is 2.03 bits per heavy atom. The van der Waals surface area contributed by atoms with Crippen molar-refractivity contribution < 1.29 is 28.6 Å². The summed E-state index contributed by atoms with van der Waals surface area (Å²) in [5.74, 6) is -0.673. The predicted molar refractivity (Wildman–Crippen MR) is 143 cm³/mol. The van der Waals surface area contributed by atoms with Crippen molar-refractivity contribution in [2.75, 3.05) is 26.7 Å². The lowest BCUT2D eigenvalue weighted by Gasteiger charge is -2.28. The van der Waals surface area contributed by atoms with Crippen molar-refractivity contribution in [2.45, 2.75) is 76.9 Å². The highest BCUT2D eigenvalue weighted by atomic mass is 19.3. The fourth-order valence-electron chi connectivity index (χ4n) is 3.77. The SMILES string of the molecule is CC/C=C(\C=C/CC(=O)NCC(O)CCC1=C(CN)CC=CC=C1)C(=O)N(C)CCC(O)(CC)C(F)F. The molecule has 7 nitrogen and oxygen atoms in total. The summed E-state index contributed by atoms with van der Waals surface area (Å²) >= 11 is 0. The molecule has 2 amide bonds. The number of hydrogen-bond acceptors (Lipinski definition) is 5. The van der Waals surface area contributed by atoms with Gasteiger partial charge < -0.3 is 26.2 Å². The molecule has 0 heterocycles. The van der Waals surface area contributed by atoms with Crippen LogP contribution in [0, 0.1) is 0 Å². The maximum atomic E-state index is 13.1. The zero-order valence-corrected chi connectivity index (χ0v) is 22.3. The summed E-state index contributed by atoms with van der Waals surface area (Å²) in [5, 5.41) is 23.0. The molecule has 2 unspecified atom stereocenters. The minimum absolute atomic E-state index is 0.0165. The van der Waals surface area contributed by atoms with Crippen LogP contribution in [0.4, 0.5) is 8.78 Å². The van der Waals surface area contributed by atoms with Gasteiger partial charge in [0.05, 0.1) is 6.10 Å². The molecule has 0 radical (unpaired) electrons. The molecule has 0 saturated heterocycles. The van der Waals surface area contributed by atoms with Crippen LogP contribution in [-0.4, -0.2) is 71.7 Å². The van der Waals surface area contributed by atoms with E-state index in [1.165, 1.54) is 24.9 Å². The second-order valence-corrected chi connectivity index (χ2v) is 9.23. The number of nitrogens with zero attached hydrogens (tertiary/aromatic N) is 1. The predicted octanol–water partition coefficient (Wildman–Crippen LogP) is 3.55. The van der Waals surface area contributed by atoms with Crippen LogP contribution in [0.5, 0.6) is 0 Å². The number of aliphatic hydroxyl groups excluding tert-OH is 1. The molecule has 0 aromatic rings. The smallest absolute Gasteiger partial charge is 0.266 e. The molecule has 0 aromatic carbocycles. The minimum Gasteiger partial charge on any atom is -0.391 e. The van der Waals surface area contributed by atoms with Gasteiger partial charge in [0.15, 0.2) is 0 Å². The Bertz CT molecular complexity index is 896. The molecular weight excluding hydrogens is 480 g/mol. The van der Waals surface area contributed by atoms with Crippen LogP contribution >= 0.6 is 0 Å².